The van der Waals surface area contributed by atoms with Crippen molar-refractivity contribution >= 4 is 22.4 Å². The van der Waals surface area contributed by atoms with Crippen LogP contribution in [0.3, 0.4) is 0 Å². The van der Waals surface area contributed by atoms with Crippen LogP contribution in [0.2, 0.25) is 0 Å². The van der Waals surface area contributed by atoms with E-state index >= 15 is 0 Å². The Morgan fingerprint density at radius 3 is 2.63 bits per heavy atom. The van der Waals surface area contributed by atoms with Crippen molar-refractivity contribution in [2.24, 2.45) is 5.92 Å². The van der Waals surface area contributed by atoms with Crippen molar-refractivity contribution in [1.29, 1.82) is 0 Å². The first kappa shape index (κ1) is 17.6. The summed E-state index contributed by atoms with van der Waals surface area (Å²) in [5.41, 5.74) is 4.68. The van der Waals surface area contributed by atoms with Crippen LogP contribution in [-0.2, 0) is 11.2 Å². The number of carbonyl (C=O) groups is 1. The van der Waals surface area contributed by atoms with Crippen LogP contribution in [-0.4, -0.2) is 17.1 Å². The first-order valence-corrected chi connectivity index (χ1v) is 9.62. The summed E-state index contributed by atoms with van der Waals surface area (Å²) in [5.74, 6) is -0.139. The number of benzene rings is 3. The molecule has 1 aliphatic rings. The molecular formula is C24H25NO2. The Balaban J connectivity index is 1.87. The molecule has 0 fully saturated rings. The zero-order chi connectivity index (χ0) is 19.0. The van der Waals surface area contributed by atoms with Crippen LogP contribution in [0, 0.1) is 5.92 Å². The normalized spacial score (nSPS) is 18.9. The average molecular weight is 359 g/mol. The number of hydrogen-bond donors (Lipinski definition) is 2. The van der Waals surface area contributed by atoms with Crippen molar-refractivity contribution in [2.75, 3.05) is 5.32 Å². The van der Waals surface area contributed by atoms with E-state index in [2.05, 4.69) is 73.8 Å². The second-order valence-electron chi connectivity index (χ2n) is 7.91. The number of aliphatic carboxylic acids is 1. The number of hydrogen-bond acceptors (Lipinski definition) is 2. The lowest BCUT2D eigenvalue weighted by Crippen LogP contribution is -2.35. The fourth-order valence-corrected chi connectivity index (χ4v) is 4.25. The van der Waals surface area contributed by atoms with Crippen LogP contribution in [0.25, 0.3) is 10.8 Å². The quantitative estimate of drug-likeness (QED) is 0.652. The Labute approximate surface area is 160 Å². The minimum atomic E-state index is -0.794. The fraction of sp³-hybridized carbons (Fsp3) is 0.292. The first-order valence-electron chi connectivity index (χ1n) is 9.62. The highest BCUT2D eigenvalue weighted by molar-refractivity contribution is 5.88. The molecule has 2 atom stereocenters. The van der Waals surface area contributed by atoms with Gasteiger partial charge in [0.15, 0.2) is 0 Å². The molecule has 27 heavy (non-hydrogen) atoms. The summed E-state index contributed by atoms with van der Waals surface area (Å²) in [4.78, 5) is 11.8. The molecule has 138 valence electrons. The lowest BCUT2D eigenvalue weighted by Gasteiger charge is -2.32. The van der Waals surface area contributed by atoms with Crippen molar-refractivity contribution in [1.82, 2.24) is 0 Å². The third-order valence-corrected chi connectivity index (χ3v) is 5.43. The summed E-state index contributed by atoms with van der Waals surface area (Å²) in [6.45, 7) is 4.45. The molecule has 1 aliphatic heterocycles. The molecule has 0 saturated heterocycles. The van der Waals surface area contributed by atoms with Gasteiger partial charge in [-0.1, -0.05) is 68.4 Å². The molecule has 2 N–H and O–H groups in total. The Morgan fingerprint density at radius 2 is 1.85 bits per heavy atom. The number of carboxylic acids is 1. The van der Waals surface area contributed by atoms with Gasteiger partial charge in [0.1, 0.15) is 6.04 Å². The summed E-state index contributed by atoms with van der Waals surface area (Å²) in [6.07, 6.45) is 1.58. The van der Waals surface area contributed by atoms with E-state index in [0.29, 0.717) is 12.3 Å². The summed E-state index contributed by atoms with van der Waals surface area (Å²) >= 11 is 0. The van der Waals surface area contributed by atoms with Gasteiger partial charge in [-0.15, -0.1) is 0 Å². The molecule has 0 amide bonds. The number of anilines is 1. The monoisotopic (exact) mass is 359 g/mol. The molecule has 0 bridgehead atoms. The lowest BCUT2D eigenvalue weighted by molar-refractivity contribution is -0.138. The third kappa shape index (κ3) is 3.42. The van der Waals surface area contributed by atoms with E-state index in [0.717, 1.165) is 12.1 Å². The van der Waals surface area contributed by atoms with E-state index in [9.17, 15) is 9.90 Å². The van der Waals surface area contributed by atoms with Gasteiger partial charge in [0.05, 0.1) is 0 Å². The maximum atomic E-state index is 11.8. The first-order chi connectivity index (χ1) is 13.0. The molecule has 3 aromatic carbocycles. The van der Waals surface area contributed by atoms with E-state index in [1.165, 1.54) is 27.5 Å². The number of fused-ring (bicyclic) bond motifs is 2. The molecule has 4 rings (SSSR count). The van der Waals surface area contributed by atoms with Gasteiger partial charge in [-0.25, -0.2) is 4.79 Å². The number of rotatable bonds is 4. The third-order valence-electron chi connectivity index (χ3n) is 5.43. The molecule has 1 heterocycles. The second-order valence-corrected chi connectivity index (χ2v) is 7.91. The summed E-state index contributed by atoms with van der Waals surface area (Å²) in [5, 5.41) is 15.3. The van der Waals surface area contributed by atoms with Crippen LogP contribution >= 0.6 is 0 Å². The highest BCUT2D eigenvalue weighted by Crippen LogP contribution is 2.42. The van der Waals surface area contributed by atoms with Crippen LogP contribution < -0.4 is 5.32 Å². The van der Waals surface area contributed by atoms with Gasteiger partial charge in [-0.2, -0.15) is 0 Å². The second kappa shape index (κ2) is 7.07. The van der Waals surface area contributed by atoms with Crippen molar-refractivity contribution in [3.63, 3.8) is 0 Å². The highest BCUT2D eigenvalue weighted by Gasteiger charge is 2.32. The SMILES string of the molecule is CC(C)Cc1ccc2c(c1)C(c1cccc3ccccc13)CC(C(=O)O)N2. The molecule has 0 spiro atoms. The number of nitrogens with one attached hydrogen (secondary N) is 1. The van der Waals surface area contributed by atoms with Crippen molar-refractivity contribution < 1.29 is 9.90 Å². The van der Waals surface area contributed by atoms with Crippen LogP contribution in [0.15, 0.2) is 60.7 Å². The largest absolute Gasteiger partial charge is 0.480 e. The van der Waals surface area contributed by atoms with Gasteiger partial charge >= 0.3 is 5.97 Å². The van der Waals surface area contributed by atoms with Crippen molar-refractivity contribution in [2.45, 2.75) is 38.6 Å². The lowest BCUT2D eigenvalue weighted by atomic mass is 9.79. The van der Waals surface area contributed by atoms with Gasteiger partial charge < -0.3 is 10.4 Å². The Bertz CT molecular complexity index is 987. The Morgan fingerprint density at radius 1 is 1.07 bits per heavy atom. The zero-order valence-corrected chi connectivity index (χ0v) is 15.8. The Hall–Kier alpha value is -2.81. The summed E-state index contributed by atoms with van der Waals surface area (Å²) in [6, 6.07) is 20.6. The minimum Gasteiger partial charge on any atom is -0.480 e. The van der Waals surface area contributed by atoms with E-state index < -0.39 is 12.0 Å². The van der Waals surface area contributed by atoms with Gasteiger partial charge in [0, 0.05) is 11.6 Å². The van der Waals surface area contributed by atoms with Gasteiger partial charge in [-0.3, -0.25) is 0 Å². The predicted octanol–water partition coefficient (Wildman–Crippen LogP) is 5.44. The van der Waals surface area contributed by atoms with E-state index in [-0.39, 0.29) is 5.92 Å². The standard InChI is InChI=1S/C24H25NO2/c1-15(2)12-16-10-11-22-21(13-16)20(14-23(25-22)24(26)27)19-9-5-7-17-6-3-4-8-18(17)19/h3-11,13,15,20,23,25H,12,14H2,1-2H3,(H,26,27). The number of carboxylic acid groups (broad SMARTS) is 1. The molecule has 3 aromatic rings. The van der Waals surface area contributed by atoms with E-state index in [4.69, 9.17) is 0 Å². The smallest absolute Gasteiger partial charge is 0.326 e. The van der Waals surface area contributed by atoms with Crippen molar-refractivity contribution in [3.8, 4) is 0 Å². The van der Waals surface area contributed by atoms with Gasteiger partial charge in [0.25, 0.3) is 0 Å². The zero-order valence-electron chi connectivity index (χ0n) is 15.8. The summed E-state index contributed by atoms with van der Waals surface area (Å²) < 4.78 is 0. The molecule has 3 nitrogen and oxygen atoms in total. The average Bonchev–Trinajstić information content (AvgIpc) is 2.66. The molecular weight excluding hydrogens is 334 g/mol. The highest BCUT2D eigenvalue weighted by atomic mass is 16.4. The van der Waals surface area contributed by atoms with E-state index in [1.807, 2.05) is 6.07 Å². The minimum absolute atomic E-state index is 0.0700. The predicted molar refractivity (Wildman–Crippen MR) is 110 cm³/mol. The van der Waals surface area contributed by atoms with E-state index in [1.54, 1.807) is 0 Å². The van der Waals surface area contributed by atoms with Crippen LogP contribution in [0.1, 0.15) is 42.9 Å². The maximum Gasteiger partial charge on any atom is 0.326 e. The van der Waals surface area contributed by atoms with Crippen LogP contribution in [0.4, 0.5) is 5.69 Å². The molecule has 0 saturated carbocycles. The molecule has 3 heteroatoms. The molecule has 0 aromatic heterocycles. The fourth-order valence-electron chi connectivity index (χ4n) is 4.25. The van der Waals surface area contributed by atoms with Crippen LogP contribution in [0.5, 0.6) is 0 Å². The van der Waals surface area contributed by atoms with Gasteiger partial charge in [0.2, 0.25) is 0 Å². The molecule has 2 unspecified atom stereocenters. The summed E-state index contributed by atoms with van der Waals surface area (Å²) in [7, 11) is 0. The molecule has 0 aliphatic carbocycles. The topological polar surface area (TPSA) is 49.3 Å². The van der Waals surface area contributed by atoms with Crippen molar-refractivity contribution in [3.05, 3.63) is 77.4 Å². The maximum absolute atomic E-state index is 11.8. The molecule has 0 radical (unpaired) electrons. The Kier molecular flexibility index (Phi) is 4.61. The van der Waals surface area contributed by atoms with Gasteiger partial charge in [-0.05, 0) is 52.3 Å².